The van der Waals surface area contributed by atoms with Gasteiger partial charge in [0.1, 0.15) is 23.9 Å². The van der Waals surface area contributed by atoms with Crippen molar-refractivity contribution < 1.29 is 38.7 Å². The molecule has 3 heterocycles. The summed E-state index contributed by atoms with van der Waals surface area (Å²) in [6, 6.07) is -0.799. The molecule has 2 saturated heterocycles. The Kier molecular flexibility index (Phi) is 17.7. The van der Waals surface area contributed by atoms with Crippen molar-refractivity contribution in [1.29, 1.82) is 0 Å². The first-order chi connectivity index (χ1) is 24.7. The Morgan fingerprint density at radius 2 is 1.71 bits per heavy atom. The largest absolute Gasteiger partial charge is 0.491 e. The number of amides is 1. The first kappa shape index (κ1) is 43.0. The van der Waals surface area contributed by atoms with E-state index in [2.05, 4.69) is 16.7 Å². The topological polar surface area (TPSA) is 154 Å². The number of carbonyl (C=O) groups excluding carboxylic acids is 1. The van der Waals surface area contributed by atoms with Crippen molar-refractivity contribution in [3.8, 4) is 0 Å². The molecule has 3 aliphatic rings. The fourth-order valence-corrected chi connectivity index (χ4v) is 5.86. The van der Waals surface area contributed by atoms with Crippen LogP contribution < -0.4 is 16.4 Å². The zero-order chi connectivity index (χ0) is 38.3. The summed E-state index contributed by atoms with van der Waals surface area (Å²) in [7, 11) is 3.38. The molecule has 11 nitrogen and oxygen atoms in total. The highest BCUT2D eigenvalue weighted by Crippen LogP contribution is 2.27. The molecule has 2 fully saturated rings. The second kappa shape index (κ2) is 21.3. The number of carbonyl (C=O) groups is 1. The van der Waals surface area contributed by atoms with Crippen LogP contribution in [-0.4, -0.2) is 97.6 Å². The number of methoxy groups -OCH3 is 1. The van der Waals surface area contributed by atoms with Crippen LogP contribution in [0, 0.1) is 0 Å². The summed E-state index contributed by atoms with van der Waals surface area (Å²) in [4.78, 5) is 12.8. The van der Waals surface area contributed by atoms with E-state index in [1.54, 1.807) is 49.5 Å². The molecular weight excluding hydrogens is 662 g/mol. The van der Waals surface area contributed by atoms with Crippen molar-refractivity contribution in [2.45, 2.75) is 122 Å². The van der Waals surface area contributed by atoms with Crippen LogP contribution in [0.1, 0.15) is 60.8 Å². The van der Waals surface area contributed by atoms with E-state index < -0.39 is 42.5 Å². The molecule has 3 aliphatic heterocycles. The molecule has 288 valence electrons. The standard InChI is InChI=1S/C41H61N3O8/c1-27-15-11-12-19-35(52-40-37(42)38(45)34(26-49-40)51-36-23-22-32(43-7)31(5)50-36)41(6,47)24-13-9-10-16-29(3)25-33(48-8)39(46)44-30(4)21-20-28(2)18-14-17-27/h9-20,24-25,30-32,34-38,40,43,45,47H,21-23,26,42H2,1-8H3,(H,44,46). The first-order valence-corrected chi connectivity index (χ1v) is 18.1. The van der Waals surface area contributed by atoms with Gasteiger partial charge in [-0.05, 0) is 79.5 Å². The third-order valence-electron chi connectivity index (χ3n) is 9.18. The molecule has 52 heavy (non-hydrogen) atoms. The van der Waals surface area contributed by atoms with E-state index in [1.165, 1.54) is 7.11 Å². The minimum absolute atomic E-state index is 0.0397. The average Bonchev–Trinajstić information content (AvgIpc) is 3.09. The Morgan fingerprint density at radius 1 is 0.981 bits per heavy atom. The zero-order valence-corrected chi connectivity index (χ0v) is 32.0. The van der Waals surface area contributed by atoms with Gasteiger partial charge in [-0.1, -0.05) is 90.1 Å². The summed E-state index contributed by atoms with van der Waals surface area (Å²) < 4.78 is 29.7. The Balaban J connectivity index is 1.82. The van der Waals surface area contributed by atoms with Crippen molar-refractivity contribution in [3.63, 3.8) is 0 Å². The average molecular weight is 724 g/mol. The van der Waals surface area contributed by atoms with Crippen molar-refractivity contribution in [1.82, 2.24) is 10.6 Å². The third kappa shape index (κ3) is 13.9. The second-order valence-electron chi connectivity index (χ2n) is 13.9. The lowest BCUT2D eigenvalue weighted by Gasteiger charge is -2.42. The monoisotopic (exact) mass is 723 g/mol. The molecule has 0 saturated carbocycles. The van der Waals surface area contributed by atoms with E-state index in [0.29, 0.717) is 12.8 Å². The zero-order valence-electron chi connectivity index (χ0n) is 32.0. The summed E-state index contributed by atoms with van der Waals surface area (Å²) in [6.07, 6.45) is 23.7. The van der Waals surface area contributed by atoms with Gasteiger partial charge >= 0.3 is 0 Å². The van der Waals surface area contributed by atoms with Gasteiger partial charge < -0.3 is 50.3 Å². The molecule has 0 bridgehead atoms. The molecule has 10 atom stereocenters. The molecule has 0 aromatic heterocycles. The highest BCUT2D eigenvalue weighted by atomic mass is 16.7. The number of aliphatic hydroxyl groups excluding tert-OH is 1. The number of hydrogen-bond acceptors (Lipinski definition) is 10. The SMILES string of the molecule is CNC1CCC(OC2COC(OC3C=CC=CC(C)=CC=CC(C)=CCC(C)NC(=O)C(OC)=CC(C)=CC=CC=CC3(C)O)C(N)C2O)OC1C. The fourth-order valence-electron chi connectivity index (χ4n) is 5.86. The molecule has 0 aromatic rings. The van der Waals surface area contributed by atoms with E-state index in [4.69, 9.17) is 29.4 Å². The van der Waals surface area contributed by atoms with Crippen molar-refractivity contribution in [3.05, 3.63) is 108 Å². The van der Waals surface area contributed by atoms with Gasteiger partial charge in [0, 0.05) is 12.1 Å². The van der Waals surface area contributed by atoms with E-state index in [9.17, 15) is 15.0 Å². The summed E-state index contributed by atoms with van der Waals surface area (Å²) in [6.45, 7) is 11.5. The maximum atomic E-state index is 12.8. The summed E-state index contributed by atoms with van der Waals surface area (Å²) in [5.74, 6) is -0.0927. The van der Waals surface area contributed by atoms with Crippen molar-refractivity contribution in [2.75, 3.05) is 20.8 Å². The fraction of sp³-hybridized carbons (Fsp3) is 0.537. The molecule has 0 radical (unpaired) electrons. The summed E-state index contributed by atoms with van der Waals surface area (Å²) >= 11 is 0. The third-order valence-corrected chi connectivity index (χ3v) is 9.18. The second-order valence-corrected chi connectivity index (χ2v) is 13.9. The normalized spacial score (nSPS) is 34.8. The number of aliphatic hydroxyl groups is 2. The number of ether oxygens (including phenoxy) is 5. The summed E-state index contributed by atoms with van der Waals surface area (Å²) in [5, 5.41) is 29.0. The molecule has 3 rings (SSSR count). The van der Waals surface area contributed by atoms with Crippen LogP contribution in [0.4, 0.5) is 0 Å². The lowest BCUT2D eigenvalue weighted by molar-refractivity contribution is -0.292. The maximum Gasteiger partial charge on any atom is 0.286 e. The number of nitrogens with two attached hydrogens (primary N) is 1. The van der Waals surface area contributed by atoms with Crippen molar-refractivity contribution in [2.24, 2.45) is 5.73 Å². The van der Waals surface area contributed by atoms with Gasteiger partial charge in [0.15, 0.2) is 18.3 Å². The highest BCUT2D eigenvalue weighted by Gasteiger charge is 2.43. The van der Waals surface area contributed by atoms with E-state index in [-0.39, 0.29) is 36.5 Å². The smallest absolute Gasteiger partial charge is 0.286 e. The highest BCUT2D eigenvalue weighted by molar-refractivity contribution is 5.92. The van der Waals surface area contributed by atoms with Crippen LogP contribution in [0.25, 0.3) is 0 Å². The minimum Gasteiger partial charge on any atom is -0.491 e. The Labute approximate surface area is 310 Å². The van der Waals surface area contributed by atoms with Crippen LogP contribution in [-0.2, 0) is 28.5 Å². The Morgan fingerprint density at radius 3 is 2.42 bits per heavy atom. The van der Waals surface area contributed by atoms with Crippen molar-refractivity contribution >= 4 is 5.91 Å². The number of likely N-dealkylation sites (N-methyl/N-ethyl adjacent to an activating group) is 1. The van der Waals surface area contributed by atoms with Gasteiger partial charge in [-0.2, -0.15) is 0 Å². The quantitative estimate of drug-likeness (QED) is 0.260. The van der Waals surface area contributed by atoms with Crippen LogP contribution in [0.3, 0.4) is 0 Å². The van der Waals surface area contributed by atoms with Gasteiger partial charge in [0.25, 0.3) is 5.91 Å². The maximum absolute atomic E-state index is 12.8. The van der Waals surface area contributed by atoms with Crippen LogP contribution in [0.15, 0.2) is 108 Å². The molecule has 11 heteroatoms. The predicted molar refractivity (Wildman–Crippen MR) is 205 cm³/mol. The lowest BCUT2D eigenvalue weighted by Crippen LogP contribution is -2.61. The molecular formula is C41H61N3O8. The molecule has 1 amide bonds. The van der Waals surface area contributed by atoms with Gasteiger partial charge in [0.2, 0.25) is 0 Å². The molecule has 0 aliphatic carbocycles. The van der Waals surface area contributed by atoms with E-state index >= 15 is 0 Å². The molecule has 0 aromatic carbocycles. The summed E-state index contributed by atoms with van der Waals surface area (Å²) in [5.41, 5.74) is 7.82. The van der Waals surface area contributed by atoms with Crippen LogP contribution in [0.2, 0.25) is 0 Å². The molecule has 0 spiro atoms. The van der Waals surface area contributed by atoms with Crippen LogP contribution >= 0.6 is 0 Å². The van der Waals surface area contributed by atoms with Gasteiger partial charge in [-0.15, -0.1) is 0 Å². The minimum atomic E-state index is -1.51. The van der Waals surface area contributed by atoms with Crippen LogP contribution in [0.5, 0.6) is 0 Å². The molecule has 6 N–H and O–H groups in total. The predicted octanol–water partition coefficient (Wildman–Crippen LogP) is 4.72. The van der Waals surface area contributed by atoms with Gasteiger partial charge in [-0.25, -0.2) is 0 Å². The number of nitrogens with one attached hydrogen (secondary N) is 2. The van der Waals surface area contributed by atoms with E-state index in [1.807, 2.05) is 78.1 Å². The first-order valence-electron chi connectivity index (χ1n) is 18.1. The molecule has 10 unspecified atom stereocenters. The van der Waals surface area contributed by atoms with Gasteiger partial charge in [-0.3, -0.25) is 4.79 Å². The Hall–Kier alpha value is -3.39. The number of hydrogen-bond donors (Lipinski definition) is 5. The van der Waals surface area contributed by atoms with E-state index in [0.717, 1.165) is 23.1 Å². The van der Waals surface area contributed by atoms with Gasteiger partial charge in [0.05, 0.1) is 25.9 Å². The lowest BCUT2D eigenvalue weighted by atomic mass is 9.96. The Bertz CT molecular complexity index is 1440. The number of allylic oxidation sites excluding steroid dienone is 14. The number of rotatable bonds is 6.